The van der Waals surface area contributed by atoms with E-state index >= 15 is 0 Å². The van der Waals surface area contributed by atoms with Crippen molar-refractivity contribution in [2.24, 2.45) is 0 Å². The van der Waals surface area contributed by atoms with Crippen LogP contribution in [-0.2, 0) is 4.74 Å². The maximum atomic E-state index is 5.25. The van der Waals surface area contributed by atoms with Crippen LogP contribution >= 0.6 is 0 Å². The monoisotopic (exact) mass is 193 g/mol. The molecule has 1 aliphatic carbocycles. The van der Waals surface area contributed by atoms with Crippen molar-refractivity contribution in [3.8, 4) is 0 Å². The molecular weight excluding hydrogens is 174 g/mol. The summed E-state index contributed by atoms with van der Waals surface area (Å²) in [6.45, 7) is 6.59. The van der Waals surface area contributed by atoms with Crippen molar-refractivity contribution in [1.29, 1.82) is 0 Å². The highest BCUT2D eigenvalue weighted by Crippen LogP contribution is 2.08. The zero-order valence-electron chi connectivity index (χ0n) is 9.05. The minimum atomic E-state index is 0.772. The van der Waals surface area contributed by atoms with Crippen LogP contribution in [0.3, 0.4) is 0 Å². The zero-order valence-corrected chi connectivity index (χ0v) is 9.05. The van der Waals surface area contributed by atoms with Gasteiger partial charge in [-0.3, -0.25) is 0 Å². The zero-order chi connectivity index (χ0) is 10.2. The molecule has 2 heteroatoms. The summed E-state index contributed by atoms with van der Waals surface area (Å²) >= 11 is 0. The van der Waals surface area contributed by atoms with Crippen LogP contribution in [0, 0.1) is 0 Å². The number of hydrogen-bond donors (Lipinski definition) is 1. The fourth-order valence-electron chi connectivity index (χ4n) is 1.27. The fraction of sp³-hybridized carbons (Fsp3) is 0.500. The molecule has 0 aliphatic heterocycles. The highest BCUT2D eigenvalue weighted by molar-refractivity contribution is 5.28. The van der Waals surface area contributed by atoms with E-state index < -0.39 is 0 Å². The molecule has 1 N–H and O–H groups in total. The van der Waals surface area contributed by atoms with Crippen molar-refractivity contribution in [2.45, 2.75) is 20.3 Å². The van der Waals surface area contributed by atoms with Crippen LogP contribution in [-0.4, -0.2) is 19.8 Å². The summed E-state index contributed by atoms with van der Waals surface area (Å²) in [5.74, 6) is 0. The van der Waals surface area contributed by atoms with Crippen molar-refractivity contribution < 1.29 is 4.74 Å². The number of rotatable bonds is 5. The molecule has 0 saturated carbocycles. The largest absolute Gasteiger partial charge is 0.383 e. The van der Waals surface area contributed by atoms with E-state index in [1.807, 2.05) is 6.92 Å². The molecule has 0 spiro atoms. The second-order valence-corrected chi connectivity index (χ2v) is 3.36. The van der Waals surface area contributed by atoms with E-state index in [1.165, 1.54) is 11.3 Å². The van der Waals surface area contributed by atoms with Crippen molar-refractivity contribution in [3.05, 3.63) is 35.6 Å². The first-order valence-electron chi connectivity index (χ1n) is 5.18. The summed E-state index contributed by atoms with van der Waals surface area (Å²) in [6.07, 6.45) is 9.57. The van der Waals surface area contributed by atoms with Gasteiger partial charge in [-0.25, -0.2) is 0 Å². The van der Waals surface area contributed by atoms with Gasteiger partial charge < -0.3 is 10.1 Å². The molecule has 0 saturated heterocycles. The Balaban J connectivity index is 2.25. The van der Waals surface area contributed by atoms with Crippen LogP contribution in [0.15, 0.2) is 35.6 Å². The van der Waals surface area contributed by atoms with Crippen LogP contribution in [0.25, 0.3) is 0 Å². The van der Waals surface area contributed by atoms with Crippen molar-refractivity contribution in [1.82, 2.24) is 5.32 Å². The summed E-state index contributed by atoms with van der Waals surface area (Å²) < 4.78 is 5.25. The van der Waals surface area contributed by atoms with Gasteiger partial charge in [0.1, 0.15) is 0 Å². The molecule has 0 fully saturated rings. The summed E-state index contributed by atoms with van der Waals surface area (Å²) in [5.41, 5.74) is 2.58. The van der Waals surface area contributed by atoms with Gasteiger partial charge >= 0.3 is 0 Å². The SMILES string of the molecule is CCOCCNC1=CCC(C)=CC=C1. The van der Waals surface area contributed by atoms with E-state index in [0.717, 1.165) is 26.2 Å². The van der Waals surface area contributed by atoms with Gasteiger partial charge in [-0.05, 0) is 26.3 Å². The molecule has 0 aromatic rings. The lowest BCUT2D eigenvalue weighted by Gasteiger charge is -2.06. The van der Waals surface area contributed by atoms with Crippen LogP contribution in [0.4, 0.5) is 0 Å². The molecule has 0 unspecified atom stereocenters. The normalized spacial score (nSPS) is 15.9. The molecule has 0 heterocycles. The maximum absolute atomic E-state index is 5.25. The van der Waals surface area contributed by atoms with Gasteiger partial charge in [-0.1, -0.05) is 23.8 Å². The Kier molecular flexibility index (Phi) is 5.08. The Morgan fingerprint density at radius 2 is 2.36 bits per heavy atom. The average Bonchev–Trinajstić information content (AvgIpc) is 2.38. The molecule has 2 nitrogen and oxygen atoms in total. The summed E-state index contributed by atoms with van der Waals surface area (Å²) in [5, 5.41) is 3.33. The van der Waals surface area contributed by atoms with E-state index in [9.17, 15) is 0 Å². The predicted molar refractivity (Wildman–Crippen MR) is 60.1 cm³/mol. The quantitative estimate of drug-likeness (QED) is 0.677. The Labute approximate surface area is 86.3 Å². The van der Waals surface area contributed by atoms with Crippen molar-refractivity contribution in [3.63, 3.8) is 0 Å². The highest BCUT2D eigenvalue weighted by atomic mass is 16.5. The van der Waals surface area contributed by atoms with E-state index in [1.54, 1.807) is 0 Å². The second kappa shape index (κ2) is 6.44. The van der Waals surface area contributed by atoms with Crippen molar-refractivity contribution in [2.75, 3.05) is 19.8 Å². The Morgan fingerprint density at radius 1 is 1.50 bits per heavy atom. The smallest absolute Gasteiger partial charge is 0.0638 e. The number of nitrogens with one attached hydrogen (secondary N) is 1. The van der Waals surface area contributed by atoms with Gasteiger partial charge in [0.15, 0.2) is 0 Å². The minimum Gasteiger partial charge on any atom is -0.383 e. The number of hydrogen-bond acceptors (Lipinski definition) is 2. The predicted octanol–water partition coefficient (Wildman–Crippen LogP) is 2.40. The topological polar surface area (TPSA) is 21.3 Å². The van der Waals surface area contributed by atoms with Crippen LogP contribution in [0.5, 0.6) is 0 Å². The van der Waals surface area contributed by atoms with Gasteiger partial charge in [0.25, 0.3) is 0 Å². The van der Waals surface area contributed by atoms with E-state index in [0.29, 0.717) is 0 Å². The average molecular weight is 193 g/mol. The second-order valence-electron chi connectivity index (χ2n) is 3.36. The molecule has 14 heavy (non-hydrogen) atoms. The first-order valence-corrected chi connectivity index (χ1v) is 5.18. The molecule has 0 aromatic heterocycles. The molecule has 78 valence electrons. The fourth-order valence-corrected chi connectivity index (χ4v) is 1.27. The number of ether oxygens (including phenoxy) is 1. The third-order valence-corrected chi connectivity index (χ3v) is 2.08. The van der Waals surface area contributed by atoms with E-state index in [4.69, 9.17) is 4.74 Å². The summed E-state index contributed by atoms with van der Waals surface area (Å²) in [7, 11) is 0. The first kappa shape index (κ1) is 11.1. The lowest BCUT2D eigenvalue weighted by molar-refractivity contribution is 0.151. The van der Waals surface area contributed by atoms with Crippen LogP contribution in [0.1, 0.15) is 20.3 Å². The minimum absolute atomic E-state index is 0.772. The molecule has 0 radical (unpaired) electrons. The van der Waals surface area contributed by atoms with Gasteiger partial charge in [0, 0.05) is 18.8 Å². The van der Waals surface area contributed by atoms with Gasteiger partial charge in [0.05, 0.1) is 6.61 Å². The molecule has 1 rings (SSSR count). The van der Waals surface area contributed by atoms with Crippen LogP contribution < -0.4 is 5.32 Å². The van der Waals surface area contributed by atoms with Gasteiger partial charge in [-0.15, -0.1) is 0 Å². The lowest BCUT2D eigenvalue weighted by atomic mass is 10.2. The molecule has 0 atom stereocenters. The molecule has 0 aromatic carbocycles. The maximum Gasteiger partial charge on any atom is 0.0638 e. The summed E-state index contributed by atoms with van der Waals surface area (Å²) in [4.78, 5) is 0. The molecular formula is C12H19NO. The van der Waals surface area contributed by atoms with Crippen molar-refractivity contribution >= 4 is 0 Å². The van der Waals surface area contributed by atoms with Gasteiger partial charge in [0.2, 0.25) is 0 Å². The summed E-state index contributed by atoms with van der Waals surface area (Å²) in [6, 6.07) is 0. The third kappa shape index (κ3) is 4.28. The Bertz CT molecular complexity index is 251. The number of allylic oxidation sites excluding steroid dienone is 5. The Morgan fingerprint density at radius 3 is 3.14 bits per heavy atom. The molecule has 0 bridgehead atoms. The molecule has 1 aliphatic rings. The molecule has 0 amide bonds. The van der Waals surface area contributed by atoms with E-state index in [-0.39, 0.29) is 0 Å². The first-order chi connectivity index (χ1) is 6.83. The third-order valence-electron chi connectivity index (χ3n) is 2.08. The van der Waals surface area contributed by atoms with Crippen LogP contribution in [0.2, 0.25) is 0 Å². The Hall–Kier alpha value is -1.02. The highest BCUT2D eigenvalue weighted by Gasteiger charge is 1.95. The lowest BCUT2D eigenvalue weighted by Crippen LogP contribution is -2.18. The standard InChI is InChI=1S/C12H19NO/c1-3-14-10-9-13-12-6-4-5-11(2)7-8-12/h4-6,8,13H,3,7,9-10H2,1-2H3. The van der Waals surface area contributed by atoms with Gasteiger partial charge in [-0.2, -0.15) is 0 Å². The van der Waals surface area contributed by atoms with E-state index in [2.05, 4.69) is 36.5 Å².